The molecule has 1 saturated heterocycles. The van der Waals surface area contributed by atoms with Crippen molar-refractivity contribution in [2.45, 2.75) is 53.6 Å². The van der Waals surface area contributed by atoms with Gasteiger partial charge in [0, 0.05) is 38.4 Å². The molecule has 10 nitrogen and oxygen atoms in total. The zero-order valence-electron chi connectivity index (χ0n) is 25.9. The Bertz CT molecular complexity index is 1480. The molecule has 3 aromatic rings. The number of likely N-dealkylation sites (tertiary alicyclic amines) is 1. The van der Waals surface area contributed by atoms with Crippen molar-refractivity contribution in [1.29, 1.82) is 0 Å². The molecule has 3 N–H and O–H groups in total. The lowest BCUT2D eigenvalue weighted by Gasteiger charge is -2.26. The average Bonchev–Trinajstić information content (AvgIpc) is 3.01. The lowest BCUT2D eigenvalue weighted by atomic mass is 10.1. The molecule has 3 amide bonds. The number of benzene rings is 2. The van der Waals surface area contributed by atoms with Crippen LogP contribution < -0.4 is 21.1 Å². The van der Waals surface area contributed by atoms with Gasteiger partial charge in [0.1, 0.15) is 17.2 Å². The maximum absolute atomic E-state index is 14.6. The summed E-state index contributed by atoms with van der Waals surface area (Å²) in [6.07, 6.45) is 2.68. The van der Waals surface area contributed by atoms with Crippen LogP contribution >= 0.6 is 0 Å². The Morgan fingerprint density at radius 1 is 1.05 bits per heavy atom. The quantitative estimate of drug-likeness (QED) is 0.346. The van der Waals surface area contributed by atoms with Gasteiger partial charge in [0.2, 0.25) is 12.8 Å². The first-order chi connectivity index (χ1) is 20.5. The zero-order valence-corrected chi connectivity index (χ0v) is 25.9. The summed E-state index contributed by atoms with van der Waals surface area (Å²) in [5.74, 6) is -1.00. The van der Waals surface area contributed by atoms with Crippen LogP contribution in [-0.4, -0.2) is 59.5 Å². The highest BCUT2D eigenvalue weighted by Crippen LogP contribution is 2.35. The third-order valence-corrected chi connectivity index (χ3v) is 6.90. The van der Waals surface area contributed by atoms with E-state index in [-0.39, 0.29) is 34.4 Å². The first-order valence-corrected chi connectivity index (χ1v) is 14.2. The predicted octanol–water partition coefficient (Wildman–Crippen LogP) is 4.47. The van der Waals surface area contributed by atoms with E-state index >= 15 is 0 Å². The van der Waals surface area contributed by atoms with Crippen molar-refractivity contribution in [3.63, 3.8) is 0 Å². The standard InChI is InChI=1S/C24H25FN4O3.C6H11NO2.C2H6/c1-14-7-6-8-17(11-14)29(13-30)21-16(3)24(32)28(5)22(20(21)23(31)26-4)27-19-10-9-15(2)12-18(19)25;8-5-7-3-1-6(9)2-4-7;1-2/h6-13,27H,1-5H3,(H,26,31);5-6,9H,1-4H2;1-2H3. The SMILES string of the molecule is CC.CNC(=O)c1c(N(C=O)c2cccc(C)c2)c(C)c(=O)n(C)c1Nc1ccc(C)cc1F.O=CN1CCC(O)CC1. The number of halogens is 1. The summed E-state index contributed by atoms with van der Waals surface area (Å²) < 4.78 is 15.8. The van der Waals surface area contributed by atoms with E-state index in [2.05, 4.69) is 10.6 Å². The lowest BCUT2D eigenvalue weighted by molar-refractivity contribution is -0.119. The molecule has 43 heavy (non-hydrogen) atoms. The molecule has 1 aliphatic heterocycles. The molecule has 0 unspecified atom stereocenters. The number of nitrogens with zero attached hydrogens (tertiary/aromatic N) is 3. The number of pyridine rings is 1. The number of amides is 3. The number of carbonyl (C=O) groups excluding carboxylic acids is 3. The summed E-state index contributed by atoms with van der Waals surface area (Å²) >= 11 is 0. The Labute approximate surface area is 252 Å². The number of aliphatic hydroxyl groups excluding tert-OH is 1. The molecule has 0 bridgehead atoms. The molecule has 232 valence electrons. The second kappa shape index (κ2) is 16.2. The van der Waals surface area contributed by atoms with E-state index in [1.54, 1.807) is 43.0 Å². The van der Waals surface area contributed by atoms with Crippen LogP contribution in [0.2, 0.25) is 0 Å². The van der Waals surface area contributed by atoms with E-state index in [1.165, 1.54) is 35.7 Å². The largest absolute Gasteiger partial charge is 0.393 e. The van der Waals surface area contributed by atoms with Crippen molar-refractivity contribution < 1.29 is 23.9 Å². The van der Waals surface area contributed by atoms with Gasteiger partial charge < -0.3 is 20.6 Å². The van der Waals surface area contributed by atoms with Gasteiger partial charge in [-0.3, -0.25) is 28.6 Å². The van der Waals surface area contributed by atoms with Gasteiger partial charge in [0.05, 0.1) is 17.5 Å². The summed E-state index contributed by atoms with van der Waals surface area (Å²) in [5, 5.41) is 14.4. The molecular weight excluding hydrogens is 553 g/mol. The van der Waals surface area contributed by atoms with Gasteiger partial charge in [-0.2, -0.15) is 0 Å². The van der Waals surface area contributed by atoms with Gasteiger partial charge in [-0.1, -0.05) is 32.0 Å². The number of hydrogen-bond acceptors (Lipinski definition) is 6. The number of nitrogens with one attached hydrogen (secondary N) is 2. The zero-order chi connectivity index (χ0) is 32.3. The van der Waals surface area contributed by atoms with Crippen molar-refractivity contribution in [3.05, 3.63) is 80.9 Å². The van der Waals surface area contributed by atoms with E-state index < -0.39 is 17.3 Å². The maximum Gasteiger partial charge on any atom is 0.256 e. The topological polar surface area (TPSA) is 124 Å². The monoisotopic (exact) mass is 595 g/mol. The average molecular weight is 596 g/mol. The molecule has 0 spiro atoms. The van der Waals surface area contributed by atoms with Gasteiger partial charge in [-0.15, -0.1) is 0 Å². The number of rotatable bonds is 7. The Morgan fingerprint density at radius 2 is 1.67 bits per heavy atom. The number of aliphatic hydroxyl groups is 1. The summed E-state index contributed by atoms with van der Waals surface area (Å²) in [4.78, 5) is 51.3. The van der Waals surface area contributed by atoms with Crippen LogP contribution in [0.25, 0.3) is 0 Å². The second-order valence-electron chi connectivity index (χ2n) is 9.94. The van der Waals surface area contributed by atoms with E-state index in [1.807, 2.05) is 26.8 Å². The van der Waals surface area contributed by atoms with Crippen molar-refractivity contribution in [2.75, 3.05) is 30.4 Å². The molecule has 0 radical (unpaired) electrons. The lowest BCUT2D eigenvalue weighted by Crippen LogP contribution is -2.34. The molecule has 0 aliphatic carbocycles. The molecule has 1 aromatic heterocycles. The number of aryl methyl sites for hydroxylation is 2. The normalized spacial score (nSPS) is 12.6. The number of anilines is 4. The molecule has 4 rings (SSSR count). The number of carbonyl (C=O) groups is 3. The fraction of sp³-hybridized carbons (Fsp3) is 0.375. The van der Waals surface area contributed by atoms with Gasteiger partial charge in [0.15, 0.2) is 0 Å². The first-order valence-electron chi connectivity index (χ1n) is 14.2. The van der Waals surface area contributed by atoms with Crippen LogP contribution in [0.3, 0.4) is 0 Å². The van der Waals surface area contributed by atoms with Crippen molar-refractivity contribution in [3.8, 4) is 0 Å². The van der Waals surface area contributed by atoms with Crippen LogP contribution in [0.5, 0.6) is 0 Å². The first kappa shape index (κ1) is 34.7. The Hall–Kier alpha value is -4.51. The molecule has 2 aromatic carbocycles. The van der Waals surface area contributed by atoms with Crippen LogP contribution in [0.4, 0.5) is 27.3 Å². The molecule has 1 aliphatic rings. The minimum atomic E-state index is -0.534. The minimum absolute atomic E-state index is 0.0423. The van der Waals surface area contributed by atoms with Crippen LogP contribution in [0.15, 0.2) is 47.3 Å². The van der Waals surface area contributed by atoms with E-state index in [0.717, 1.165) is 30.4 Å². The van der Waals surface area contributed by atoms with Crippen molar-refractivity contribution >= 4 is 41.6 Å². The van der Waals surface area contributed by atoms with Crippen LogP contribution in [0.1, 0.15) is 53.7 Å². The Kier molecular flexibility index (Phi) is 13.1. The number of hydrogen-bond donors (Lipinski definition) is 3. The summed E-state index contributed by atoms with van der Waals surface area (Å²) in [6.45, 7) is 10.6. The van der Waals surface area contributed by atoms with Crippen LogP contribution in [-0.2, 0) is 16.6 Å². The summed E-state index contributed by atoms with van der Waals surface area (Å²) in [5.41, 5.74) is 2.16. The highest BCUT2D eigenvalue weighted by Gasteiger charge is 2.28. The number of piperidine rings is 1. The van der Waals surface area contributed by atoms with Gasteiger partial charge in [-0.05, 0) is 69.0 Å². The Morgan fingerprint density at radius 3 is 2.21 bits per heavy atom. The fourth-order valence-corrected chi connectivity index (χ4v) is 4.57. The Balaban J connectivity index is 0.000000496. The van der Waals surface area contributed by atoms with Gasteiger partial charge in [0.25, 0.3) is 11.5 Å². The molecule has 0 atom stereocenters. The predicted molar refractivity (Wildman–Crippen MR) is 168 cm³/mol. The van der Waals surface area contributed by atoms with E-state index in [0.29, 0.717) is 25.2 Å². The summed E-state index contributed by atoms with van der Waals surface area (Å²) in [7, 11) is 2.93. The second-order valence-corrected chi connectivity index (χ2v) is 9.94. The molecule has 11 heteroatoms. The van der Waals surface area contributed by atoms with Crippen molar-refractivity contribution in [1.82, 2.24) is 14.8 Å². The smallest absolute Gasteiger partial charge is 0.256 e. The molecule has 2 heterocycles. The maximum atomic E-state index is 14.6. The molecule has 0 saturated carbocycles. The van der Waals surface area contributed by atoms with E-state index in [9.17, 15) is 23.6 Å². The van der Waals surface area contributed by atoms with E-state index in [4.69, 9.17) is 5.11 Å². The third kappa shape index (κ3) is 8.51. The fourth-order valence-electron chi connectivity index (χ4n) is 4.57. The van der Waals surface area contributed by atoms with Crippen molar-refractivity contribution in [2.24, 2.45) is 7.05 Å². The molecule has 1 fully saturated rings. The minimum Gasteiger partial charge on any atom is -0.393 e. The number of aromatic nitrogens is 1. The highest BCUT2D eigenvalue weighted by molar-refractivity contribution is 6.08. The third-order valence-electron chi connectivity index (χ3n) is 6.90. The highest BCUT2D eigenvalue weighted by atomic mass is 19.1. The molecular formula is C32H42FN5O5. The summed E-state index contributed by atoms with van der Waals surface area (Å²) in [6, 6.07) is 11.7. The van der Waals surface area contributed by atoms with Gasteiger partial charge >= 0.3 is 0 Å². The van der Waals surface area contributed by atoms with Gasteiger partial charge in [-0.25, -0.2) is 4.39 Å². The van der Waals surface area contributed by atoms with Crippen LogP contribution in [0, 0.1) is 26.6 Å².